The van der Waals surface area contributed by atoms with E-state index in [4.69, 9.17) is 9.47 Å². The fraction of sp³-hybridized carbons (Fsp3) is 0.154. The number of benzene rings is 4. The van der Waals surface area contributed by atoms with Crippen LogP contribution >= 0.6 is 0 Å². The average Bonchev–Trinajstić information content (AvgIpc) is 2.83. The standard InChI is InChI=1S/C26H25NO4S/c1-30-19-31-22-16-12-20(13-17-22)11-14-21-15-18-26(25-10-6-5-9-24(21)25)27-32(28,29)23-7-3-2-4-8-23/h2-10,12-13,15-18,27H,11,14,19H2,1H3. The third kappa shape index (κ3) is 5.10. The molecule has 0 amide bonds. The van der Waals surface area contributed by atoms with Gasteiger partial charge in [0.15, 0.2) is 6.79 Å². The second kappa shape index (κ2) is 9.85. The monoisotopic (exact) mass is 447 g/mol. The van der Waals surface area contributed by atoms with Crippen LogP contribution in [0.5, 0.6) is 5.75 Å². The molecule has 0 spiro atoms. The lowest BCUT2D eigenvalue weighted by atomic mass is 9.97. The summed E-state index contributed by atoms with van der Waals surface area (Å²) in [4.78, 5) is 0.242. The minimum atomic E-state index is -3.65. The van der Waals surface area contributed by atoms with Gasteiger partial charge in [-0.25, -0.2) is 8.42 Å². The smallest absolute Gasteiger partial charge is 0.261 e. The maximum absolute atomic E-state index is 12.8. The van der Waals surface area contributed by atoms with E-state index in [1.807, 2.05) is 48.5 Å². The highest BCUT2D eigenvalue weighted by atomic mass is 32.2. The lowest BCUT2D eigenvalue weighted by Gasteiger charge is -2.14. The molecule has 0 bridgehead atoms. The van der Waals surface area contributed by atoms with Crippen molar-refractivity contribution in [2.24, 2.45) is 0 Å². The SMILES string of the molecule is COCOc1ccc(CCc2ccc(NS(=O)(=O)c3ccccc3)c3ccccc23)cc1. The van der Waals surface area contributed by atoms with Crippen molar-refractivity contribution in [1.82, 2.24) is 0 Å². The van der Waals surface area contributed by atoms with Gasteiger partial charge in [0, 0.05) is 12.5 Å². The van der Waals surface area contributed by atoms with Crippen LogP contribution in [0.2, 0.25) is 0 Å². The number of rotatable bonds is 9. The Balaban J connectivity index is 1.55. The van der Waals surface area contributed by atoms with Crippen LogP contribution < -0.4 is 9.46 Å². The van der Waals surface area contributed by atoms with Gasteiger partial charge in [-0.05, 0) is 59.7 Å². The van der Waals surface area contributed by atoms with Crippen molar-refractivity contribution in [2.75, 3.05) is 18.6 Å². The molecule has 0 saturated carbocycles. The number of hydrogen-bond donors (Lipinski definition) is 1. The van der Waals surface area contributed by atoms with Gasteiger partial charge in [0.2, 0.25) is 0 Å². The van der Waals surface area contributed by atoms with Crippen LogP contribution in [0.25, 0.3) is 10.8 Å². The number of ether oxygens (including phenoxy) is 2. The fourth-order valence-electron chi connectivity index (χ4n) is 3.63. The molecule has 1 N–H and O–H groups in total. The zero-order chi connectivity index (χ0) is 22.4. The molecule has 0 saturated heterocycles. The Bertz CT molecular complexity index is 1290. The average molecular weight is 448 g/mol. The molecule has 4 rings (SSSR count). The third-order valence-electron chi connectivity index (χ3n) is 5.26. The first-order valence-corrected chi connectivity index (χ1v) is 11.8. The van der Waals surface area contributed by atoms with Gasteiger partial charge in [0.25, 0.3) is 10.0 Å². The summed E-state index contributed by atoms with van der Waals surface area (Å²) in [6.07, 6.45) is 1.70. The van der Waals surface area contributed by atoms with Gasteiger partial charge in [0.1, 0.15) is 5.75 Å². The maximum Gasteiger partial charge on any atom is 0.261 e. The van der Waals surface area contributed by atoms with E-state index >= 15 is 0 Å². The molecule has 0 aliphatic carbocycles. The fourth-order valence-corrected chi connectivity index (χ4v) is 4.73. The van der Waals surface area contributed by atoms with Crippen molar-refractivity contribution in [3.05, 3.63) is 102 Å². The molecule has 0 aliphatic heterocycles. The summed E-state index contributed by atoms with van der Waals surface area (Å²) in [7, 11) is -2.06. The van der Waals surface area contributed by atoms with E-state index in [9.17, 15) is 8.42 Å². The van der Waals surface area contributed by atoms with E-state index in [1.54, 1.807) is 37.4 Å². The van der Waals surface area contributed by atoms with Crippen LogP contribution in [-0.2, 0) is 27.6 Å². The van der Waals surface area contributed by atoms with E-state index < -0.39 is 10.0 Å². The summed E-state index contributed by atoms with van der Waals surface area (Å²) in [5, 5.41) is 1.92. The summed E-state index contributed by atoms with van der Waals surface area (Å²) in [5.74, 6) is 0.774. The number of anilines is 1. The molecule has 0 aromatic heterocycles. The zero-order valence-electron chi connectivity index (χ0n) is 17.8. The van der Waals surface area contributed by atoms with Crippen LogP contribution in [-0.4, -0.2) is 22.3 Å². The topological polar surface area (TPSA) is 64.6 Å². The molecule has 0 fully saturated rings. The Morgan fingerprint density at radius 2 is 1.44 bits per heavy atom. The van der Waals surface area contributed by atoms with E-state index in [2.05, 4.69) is 16.9 Å². The number of aryl methyl sites for hydroxylation is 2. The van der Waals surface area contributed by atoms with Crippen LogP contribution in [0.15, 0.2) is 95.9 Å². The van der Waals surface area contributed by atoms with Crippen LogP contribution in [0.4, 0.5) is 5.69 Å². The molecule has 6 heteroatoms. The molecule has 164 valence electrons. The van der Waals surface area contributed by atoms with Gasteiger partial charge in [-0.1, -0.05) is 60.7 Å². The lowest BCUT2D eigenvalue weighted by molar-refractivity contribution is 0.0511. The second-order valence-corrected chi connectivity index (χ2v) is 9.11. The Morgan fingerprint density at radius 3 is 2.16 bits per heavy atom. The molecule has 4 aromatic rings. The number of hydrogen-bond acceptors (Lipinski definition) is 4. The first-order chi connectivity index (χ1) is 15.6. The van der Waals surface area contributed by atoms with Gasteiger partial charge >= 0.3 is 0 Å². The maximum atomic E-state index is 12.8. The quantitative estimate of drug-likeness (QED) is 0.349. The summed E-state index contributed by atoms with van der Waals surface area (Å²) < 4.78 is 38.7. The predicted octanol–water partition coefficient (Wildman–Crippen LogP) is 5.41. The van der Waals surface area contributed by atoms with Crippen LogP contribution in [0.1, 0.15) is 11.1 Å². The summed E-state index contributed by atoms with van der Waals surface area (Å²) >= 11 is 0. The van der Waals surface area contributed by atoms with E-state index in [0.29, 0.717) is 5.69 Å². The first kappa shape index (κ1) is 21.9. The Labute approximate surface area is 188 Å². The van der Waals surface area contributed by atoms with Crippen LogP contribution in [0.3, 0.4) is 0 Å². The van der Waals surface area contributed by atoms with Crippen LogP contribution in [0, 0.1) is 0 Å². The minimum Gasteiger partial charge on any atom is -0.468 e. The highest BCUT2D eigenvalue weighted by Crippen LogP contribution is 2.29. The predicted molar refractivity (Wildman–Crippen MR) is 128 cm³/mol. The Kier molecular flexibility index (Phi) is 6.73. The van der Waals surface area contributed by atoms with Crippen molar-refractivity contribution in [1.29, 1.82) is 0 Å². The third-order valence-corrected chi connectivity index (χ3v) is 6.64. The van der Waals surface area contributed by atoms with E-state index in [-0.39, 0.29) is 11.7 Å². The Hall–Kier alpha value is -3.35. The zero-order valence-corrected chi connectivity index (χ0v) is 18.6. The first-order valence-electron chi connectivity index (χ1n) is 10.4. The molecule has 0 heterocycles. The molecule has 0 unspecified atom stereocenters. The van der Waals surface area contributed by atoms with Crippen molar-refractivity contribution in [2.45, 2.75) is 17.7 Å². The minimum absolute atomic E-state index is 0.228. The number of methoxy groups -OCH3 is 1. The van der Waals surface area contributed by atoms with Gasteiger partial charge < -0.3 is 9.47 Å². The largest absolute Gasteiger partial charge is 0.468 e. The highest BCUT2D eigenvalue weighted by molar-refractivity contribution is 7.92. The second-order valence-electron chi connectivity index (χ2n) is 7.43. The Morgan fingerprint density at radius 1 is 0.750 bits per heavy atom. The molecule has 0 radical (unpaired) electrons. The molecular formula is C26H25NO4S. The normalized spacial score (nSPS) is 11.4. The van der Waals surface area contributed by atoms with E-state index in [0.717, 1.165) is 29.4 Å². The molecule has 32 heavy (non-hydrogen) atoms. The summed E-state index contributed by atoms with van der Waals surface area (Å²) in [6, 6.07) is 28.1. The van der Waals surface area contributed by atoms with Crippen molar-refractivity contribution >= 4 is 26.5 Å². The van der Waals surface area contributed by atoms with Gasteiger partial charge in [-0.2, -0.15) is 0 Å². The summed E-state index contributed by atoms with van der Waals surface area (Å²) in [5.41, 5.74) is 2.95. The van der Waals surface area contributed by atoms with E-state index in [1.165, 1.54) is 11.1 Å². The lowest BCUT2D eigenvalue weighted by Crippen LogP contribution is -2.13. The molecule has 4 aromatic carbocycles. The number of sulfonamides is 1. The molecule has 0 aliphatic rings. The van der Waals surface area contributed by atoms with Crippen molar-refractivity contribution in [3.8, 4) is 5.75 Å². The number of nitrogens with one attached hydrogen (secondary N) is 1. The summed E-state index contributed by atoms with van der Waals surface area (Å²) in [6.45, 7) is 0.228. The molecule has 5 nitrogen and oxygen atoms in total. The van der Waals surface area contributed by atoms with Crippen molar-refractivity contribution < 1.29 is 17.9 Å². The van der Waals surface area contributed by atoms with Gasteiger partial charge in [-0.3, -0.25) is 4.72 Å². The highest BCUT2D eigenvalue weighted by Gasteiger charge is 2.16. The van der Waals surface area contributed by atoms with Gasteiger partial charge in [-0.15, -0.1) is 0 Å². The number of fused-ring (bicyclic) bond motifs is 1. The molecular weight excluding hydrogens is 422 g/mol. The van der Waals surface area contributed by atoms with Crippen molar-refractivity contribution in [3.63, 3.8) is 0 Å². The molecule has 0 atom stereocenters. The van der Waals surface area contributed by atoms with Gasteiger partial charge in [0.05, 0.1) is 10.6 Å².